The van der Waals surface area contributed by atoms with Crippen molar-refractivity contribution < 1.29 is 9.90 Å². The molecule has 0 saturated carbocycles. The molecular formula is C10H12N4O2S. The van der Waals surface area contributed by atoms with Crippen molar-refractivity contribution in [2.24, 2.45) is 7.05 Å². The van der Waals surface area contributed by atoms with Gasteiger partial charge in [-0.05, 0) is 0 Å². The lowest BCUT2D eigenvalue weighted by molar-refractivity contribution is -0.136. The number of carboxylic acid groups (broad SMARTS) is 1. The number of thiazole rings is 1. The topological polar surface area (TPSA) is 80.0 Å². The Morgan fingerprint density at radius 2 is 2.47 bits per heavy atom. The van der Waals surface area contributed by atoms with E-state index in [-0.39, 0.29) is 6.42 Å². The maximum atomic E-state index is 10.4. The average molecular weight is 252 g/mol. The number of hydrogen-bond acceptors (Lipinski definition) is 5. The fourth-order valence-corrected chi connectivity index (χ4v) is 2.06. The van der Waals surface area contributed by atoms with E-state index in [0.717, 1.165) is 16.6 Å². The summed E-state index contributed by atoms with van der Waals surface area (Å²) in [6.07, 6.45) is 2.39. The quantitative estimate of drug-likeness (QED) is 0.845. The first kappa shape index (κ1) is 11.6. The van der Waals surface area contributed by atoms with Gasteiger partial charge in [0, 0.05) is 31.1 Å². The third kappa shape index (κ3) is 3.28. The first-order valence-corrected chi connectivity index (χ1v) is 5.94. The average Bonchev–Trinajstić information content (AvgIpc) is 2.86. The normalized spacial score (nSPS) is 10.4. The molecule has 0 aromatic carbocycles. The van der Waals surface area contributed by atoms with Crippen molar-refractivity contribution in [2.75, 3.05) is 5.32 Å². The Kier molecular flexibility index (Phi) is 3.38. The molecule has 0 atom stereocenters. The summed E-state index contributed by atoms with van der Waals surface area (Å²) in [6, 6.07) is 1.85. The Morgan fingerprint density at radius 1 is 1.65 bits per heavy atom. The summed E-state index contributed by atoms with van der Waals surface area (Å²) in [4.78, 5) is 14.7. The van der Waals surface area contributed by atoms with Gasteiger partial charge in [-0.1, -0.05) is 0 Å². The molecule has 0 aliphatic heterocycles. The zero-order valence-corrected chi connectivity index (χ0v) is 10.1. The van der Waals surface area contributed by atoms with Crippen LogP contribution in [-0.2, 0) is 18.3 Å². The minimum atomic E-state index is -0.808. The van der Waals surface area contributed by atoms with Gasteiger partial charge in [-0.15, -0.1) is 11.3 Å². The molecule has 0 spiro atoms. The predicted molar refractivity (Wildman–Crippen MR) is 64.6 cm³/mol. The highest BCUT2D eigenvalue weighted by molar-refractivity contribution is 7.13. The summed E-state index contributed by atoms with van der Waals surface area (Å²) >= 11 is 1.44. The first-order chi connectivity index (χ1) is 8.13. The molecule has 0 unspecified atom stereocenters. The van der Waals surface area contributed by atoms with Gasteiger partial charge in [0.15, 0.2) is 10.9 Å². The number of carbonyl (C=O) groups is 1. The molecule has 0 fully saturated rings. The molecule has 0 bridgehead atoms. The van der Waals surface area contributed by atoms with Gasteiger partial charge in [-0.25, -0.2) is 4.98 Å². The standard InChI is InChI=1S/C10H12N4O2S/c1-14-5-4-8(13-14)12-10-11-7(6-17-10)2-3-9(15)16/h4-6H,2-3H2,1H3,(H,15,16)(H,11,12,13). The Labute approximate surface area is 102 Å². The largest absolute Gasteiger partial charge is 0.481 e. The maximum absolute atomic E-state index is 10.4. The van der Waals surface area contributed by atoms with Crippen LogP contribution in [0.5, 0.6) is 0 Å². The number of carboxylic acids is 1. The van der Waals surface area contributed by atoms with Crippen LogP contribution in [0, 0.1) is 0 Å². The number of rotatable bonds is 5. The molecule has 0 radical (unpaired) electrons. The number of anilines is 2. The molecule has 90 valence electrons. The summed E-state index contributed by atoms with van der Waals surface area (Å²) in [5.74, 6) is -0.0798. The molecular weight excluding hydrogens is 240 g/mol. The second-order valence-corrected chi connectivity index (χ2v) is 4.40. The summed E-state index contributed by atoms with van der Waals surface area (Å²) < 4.78 is 1.70. The number of aliphatic carboxylic acids is 1. The SMILES string of the molecule is Cn1ccc(Nc2nc(CCC(=O)O)cs2)n1. The molecule has 17 heavy (non-hydrogen) atoms. The molecule has 0 amide bonds. The first-order valence-electron chi connectivity index (χ1n) is 5.06. The van der Waals surface area contributed by atoms with Crippen molar-refractivity contribution in [1.82, 2.24) is 14.8 Å². The molecule has 2 aromatic rings. The lowest BCUT2D eigenvalue weighted by atomic mass is 10.2. The number of aryl methyl sites for hydroxylation is 2. The van der Waals surface area contributed by atoms with E-state index < -0.39 is 5.97 Å². The zero-order chi connectivity index (χ0) is 12.3. The molecule has 2 aromatic heterocycles. The lowest BCUT2D eigenvalue weighted by Crippen LogP contribution is -1.98. The minimum absolute atomic E-state index is 0.104. The van der Waals surface area contributed by atoms with Gasteiger partial charge >= 0.3 is 5.97 Å². The van der Waals surface area contributed by atoms with E-state index in [4.69, 9.17) is 5.11 Å². The van der Waals surface area contributed by atoms with Crippen LogP contribution in [0.3, 0.4) is 0 Å². The van der Waals surface area contributed by atoms with E-state index in [9.17, 15) is 4.79 Å². The van der Waals surface area contributed by atoms with Gasteiger partial charge in [0.25, 0.3) is 0 Å². The molecule has 2 N–H and O–H groups in total. The third-order valence-corrected chi connectivity index (χ3v) is 2.90. The highest BCUT2D eigenvalue weighted by Gasteiger charge is 2.05. The second kappa shape index (κ2) is 4.96. The van der Waals surface area contributed by atoms with Gasteiger partial charge in [0.05, 0.1) is 12.1 Å². The van der Waals surface area contributed by atoms with Crippen LogP contribution in [0.2, 0.25) is 0 Å². The van der Waals surface area contributed by atoms with E-state index in [0.29, 0.717) is 6.42 Å². The van der Waals surface area contributed by atoms with Crippen molar-refractivity contribution in [3.05, 3.63) is 23.3 Å². The Balaban J connectivity index is 1.96. The minimum Gasteiger partial charge on any atom is -0.481 e. The Hall–Kier alpha value is -1.89. The summed E-state index contributed by atoms with van der Waals surface area (Å²) in [5, 5.41) is 18.4. The number of nitrogens with one attached hydrogen (secondary N) is 1. The van der Waals surface area contributed by atoms with Crippen molar-refractivity contribution in [3.8, 4) is 0 Å². The zero-order valence-electron chi connectivity index (χ0n) is 9.25. The summed E-state index contributed by atoms with van der Waals surface area (Å²) in [6.45, 7) is 0. The fourth-order valence-electron chi connectivity index (χ4n) is 1.31. The Bertz CT molecular complexity index is 520. The van der Waals surface area contributed by atoms with Crippen LogP contribution in [0.1, 0.15) is 12.1 Å². The van der Waals surface area contributed by atoms with Crippen LogP contribution in [-0.4, -0.2) is 25.8 Å². The van der Waals surface area contributed by atoms with Gasteiger partial charge in [-0.2, -0.15) is 5.10 Å². The van der Waals surface area contributed by atoms with Crippen LogP contribution in [0.15, 0.2) is 17.6 Å². The third-order valence-electron chi connectivity index (χ3n) is 2.10. The van der Waals surface area contributed by atoms with E-state index in [2.05, 4.69) is 15.4 Å². The summed E-state index contributed by atoms with van der Waals surface area (Å²) in [5.41, 5.74) is 0.788. The van der Waals surface area contributed by atoms with Crippen molar-refractivity contribution in [1.29, 1.82) is 0 Å². The van der Waals surface area contributed by atoms with Crippen molar-refractivity contribution in [3.63, 3.8) is 0 Å². The van der Waals surface area contributed by atoms with Gasteiger partial charge < -0.3 is 10.4 Å². The lowest BCUT2D eigenvalue weighted by Gasteiger charge is -1.96. The molecule has 6 nitrogen and oxygen atoms in total. The van der Waals surface area contributed by atoms with E-state index in [1.807, 2.05) is 24.7 Å². The van der Waals surface area contributed by atoms with Gasteiger partial charge in [0.2, 0.25) is 0 Å². The van der Waals surface area contributed by atoms with Crippen LogP contribution >= 0.6 is 11.3 Å². The fraction of sp³-hybridized carbons (Fsp3) is 0.300. The van der Waals surface area contributed by atoms with Crippen LogP contribution in [0.4, 0.5) is 10.9 Å². The van der Waals surface area contributed by atoms with E-state index in [1.165, 1.54) is 11.3 Å². The monoisotopic (exact) mass is 252 g/mol. The van der Waals surface area contributed by atoms with Crippen LogP contribution in [0.25, 0.3) is 0 Å². The molecule has 2 heterocycles. The molecule has 7 heteroatoms. The number of hydrogen-bond donors (Lipinski definition) is 2. The second-order valence-electron chi connectivity index (χ2n) is 3.54. The van der Waals surface area contributed by atoms with Gasteiger partial charge in [0.1, 0.15) is 0 Å². The number of nitrogens with zero attached hydrogens (tertiary/aromatic N) is 3. The van der Waals surface area contributed by atoms with Crippen molar-refractivity contribution >= 4 is 28.3 Å². The summed E-state index contributed by atoms with van der Waals surface area (Å²) in [7, 11) is 1.84. The van der Waals surface area contributed by atoms with E-state index in [1.54, 1.807) is 4.68 Å². The maximum Gasteiger partial charge on any atom is 0.303 e. The van der Waals surface area contributed by atoms with Gasteiger partial charge in [-0.3, -0.25) is 9.48 Å². The number of aromatic nitrogens is 3. The highest BCUT2D eigenvalue weighted by Crippen LogP contribution is 2.20. The molecule has 0 saturated heterocycles. The van der Waals surface area contributed by atoms with E-state index >= 15 is 0 Å². The predicted octanol–water partition coefficient (Wildman–Crippen LogP) is 1.64. The molecule has 2 rings (SSSR count). The molecule has 0 aliphatic carbocycles. The molecule has 0 aliphatic rings. The van der Waals surface area contributed by atoms with Crippen LogP contribution < -0.4 is 5.32 Å². The smallest absolute Gasteiger partial charge is 0.303 e. The Morgan fingerprint density at radius 3 is 3.12 bits per heavy atom. The van der Waals surface area contributed by atoms with Crippen molar-refractivity contribution in [2.45, 2.75) is 12.8 Å². The highest BCUT2D eigenvalue weighted by atomic mass is 32.1.